The molecule has 0 aliphatic heterocycles. The quantitative estimate of drug-likeness (QED) is 0.310. The van der Waals surface area contributed by atoms with E-state index in [2.05, 4.69) is 78.5 Å². The van der Waals surface area contributed by atoms with Crippen molar-refractivity contribution in [3.63, 3.8) is 0 Å². The number of hydrogen-bond donors (Lipinski definition) is 1. The fourth-order valence-corrected chi connectivity index (χ4v) is 5.46. The van der Waals surface area contributed by atoms with E-state index in [1.807, 2.05) is 12.1 Å². The molecule has 156 valence electrons. The van der Waals surface area contributed by atoms with Gasteiger partial charge in [0.15, 0.2) is 0 Å². The minimum atomic E-state index is -0.316. The first kappa shape index (κ1) is 20.7. The molecule has 1 aliphatic carbocycles. The maximum atomic E-state index is 10.3. The Morgan fingerprint density at radius 1 is 0.933 bits per heavy atom. The first-order valence-corrected chi connectivity index (χ1v) is 12.2. The van der Waals surface area contributed by atoms with Crippen molar-refractivity contribution in [3.05, 3.63) is 83.9 Å². The molecule has 0 bridgehead atoms. The number of aromatic hydroxyl groups is 1. The van der Waals surface area contributed by atoms with Gasteiger partial charge in [-0.3, -0.25) is 0 Å². The topological polar surface area (TPSA) is 23.5 Å². The first-order valence-electron chi connectivity index (χ1n) is 10.8. The van der Waals surface area contributed by atoms with Crippen molar-refractivity contribution in [2.45, 2.75) is 54.4 Å². The van der Waals surface area contributed by atoms with Crippen molar-refractivity contribution >= 4 is 22.0 Å². The smallest absolute Gasteiger partial charge is 0.118 e. The minimum absolute atomic E-state index is 0.316. The van der Waals surface area contributed by atoms with Gasteiger partial charge in [-0.15, -0.1) is 10.5 Å². The van der Waals surface area contributed by atoms with Crippen LogP contribution in [-0.4, -0.2) is 24.1 Å². The fraction of sp³-hybridized carbons (Fsp3) is 0.296. The highest BCUT2D eigenvalue weighted by molar-refractivity contribution is 8.14. The van der Waals surface area contributed by atoms with Crippen LogP contribution in [0, 0.1) is 0 Å². The Kier molecular flexibility index (Phi) is 6.59. The van der Waals surface area contributed by atoms with E-state index in [-0.39, 0.29) is 10.5 Å². The second kappa shape index (κ2) is 9.53. The van der Waals surface area contributed by atoms with E-state index in [1.165, 1.54) is 41.7 Å². The lowest BCUT2D eigenvalue weighted by molar-refractivity contribution is 0.474. The third-order valence-electron chi connectivity index (χ3n) is 5.90. The average molecular weight is 418 g/mol. The molecule has 4 rings (SSSR count). The summed E-state index contributed by atoms with van der Waals surface area (Å²) in [5.41, 5.74) is 3.88. The standard InChI is InChI=1S/C27H31NOS/c1-28(23-16-17-23)24-18-25(29)20-26(19-24)30(2)27-15-9-8-14-22(27)13-7-6-12-21-10-4-3-5-11-21/h3-5,8-11,14-15,18-20,23,29H,2,6-7,12-13,16-17H2,1H3. The zero-order valence-corrected chi connectivity index (χ0v) is 18.6. The van der Waals surface area contributed by atoms with Crippen molar-refractivity contribution in [2.24, 2.45) is 0 Å². The van der Waals surface area contributed by atoms with E-state index < -0.39 is 0 Å². The highest BCUT2D eigenvalue weighted by atomic mass is 32.2. The van der Waals surface area contributed by atoms with Crippen LogP contribution in [0.25, 0.3) is 0 Å². The van der Waals surface area contributed by atoms with Crippen LogP contribution >= 0.6 is 10.5 Å². The summed E-state index contributed by atoms with van der Waals surface area (Å²) in [5.74, 6) is 4.85. The number of phenolic OH excluding ortho intramolecular Hbond substituents is 1. The number of phenols is 1. The molecule has 0 spiro atoms. The monoisotopic (exact) mass is 417 g/mol. The van der Waals surface area contributed by atoms with Crippen LogP contribution in [0.5, 0.6) is 5.75 Å². The molecule has 0 saturated heterocycles. The Morgan fingerprint density at radius 3 is 2.40 bits per heavy atom. The fourth-order valence-electron chi connectivity index (χ4n) is 3.95. The molecule has 2 nitrogen and oxygen atoms in total. The number of unbranched alkanes of at least 4 members (excludes halogenated alkanes) is 1. The Morgan fingerprint density at radius 2 is 1.63 bits per heavy atom. The number of hydrogen-bond acceptors (Lipinski definition) is 2. The lowest BCUT2D eigenvalue weighted by atomic mass is 10.0. The van der Waals surface area contributed by atoms with Crippen LogP contribution in [0.2, 0.25) is 0 Å². The molecule has 0 aromatic heterocycles. The van der Waals surface area contributed by atoms with E-state index in [1.54, 1.807) is 0 Å². The molecule has 1 N–H and O–H groups in total. The zero-order valence-electron chi connectivity index (χ0n) is 17.8. The minimum Gasteiger partial charge on any atom is -0.508 e. The molecule has 0 radical (unpaired) electrons. The molecular formula is C27H31NOS. The molecule has 0 heterocycles. The second-order valence-electron chi connectivity index (χ2n) is 8.22. The molecule has 3 aromatic rings. The number of benzene rings is 3. The van der Waals surface area contributed by atoms with Gasteiger partial charge in [0, 0.05) is 34.6 Å². The van der Waals surface area contributed by atoms with Gasteiger partial charge in [0.05, 0.1) is 0 Å². The van der Waals surface area contributed by atoms with E-state index in [0.29, 0.717) is 11.8 Å². The zero-order chi connectivity index (χ0) is 20.9. The van der Waals surface area contributed by atoms with Crippen LogP contribution in [-0.2, 0) is 12.8 Å². The SMILES string of the molecule is C=S(c1cc(O)cc(N(C)C2CC2)c1)c1ccccc1CCCCc1ccccc1. The Bertz CT molecular complexity index is 1010. The van der Waals surface area contributed by atoms with Crippen LogP contribution in [0.15, 0.2) is 82.6 Å². The molecule has 3 aromatic carbocycles. The van der Waals surface area contributed by atoms with Crippen LogP contribution in [0.1, 0.15) is 36.8 Å². The van der Waals surface area contributed by atoms with Gasteiger partial charge in [0.2, 0.25) is 0 Å². The summed E-state index contributed by atoms with van der Waals surface area (Å²) in [6.07, 6.45) is 7.02. The predicted octanol–water partition coefficient (Wildman–Crippen LogP) is 6.68. The van der Waals surface area contributed by atoms with Crippen molar-refractivity contribution in [2.75, 3.05) is 11.9 Å². The molecule has 1 aliphatic rings. The molecule has 1 fully saturated rings. The highest BCUT2D eigenvalue weighted by Crippen LogP contribution is 2.41. The van der Waals surface area contributed by atoms with Crippen molar-refractivity contribution in [3.8, 4) is 5.75 Å². The van der Waals surface area contributed by atoms with Gasteiger partial charge >= 0.3 is 0 Å². The Balaban J connectivity index is 1.47. The van der Waals surface area contributed by atoms with Crippen molar-refractivity contribution < 1.29 is 5.11 Å². The summed E-state index contributed by atoms with van der Waals surface area (Å²) in [5, 5.41) is 10.3. The van der Waals surface area contributed by atoms with E-state index >= 15 is 0 Å². The second-order valence-corrected chi connectivity index (χ2v) is 9.91. The summed E-state index contributed by atoms with van der Waals surface area (Å²) >= 11 is 0. The van der Waals surface area contributed by atoms with Gasteiger partial charge in [0.1, 0.15) is 5.75 Å². The Labute approximate surface area is 183 Å². The molecule has 1 saturated carbocycles. The number of anilines is 1. The lowest BCUT2D eigenvalue weighted by Crippen LogP contribution is -2.19. The lowest BCUT2D eigenvalue weighted by Gasteiger charge is -2.21. The first-order chi connectivity index (χ1) is 14.6. The maximum Gasteiger partial charge on any atom is 0.118 e. The van der Waals surface area contributed by atoms with E-state index in [4.69, 9.17) is 0 Å². The number of aryl methyl sites for hydroxylation is 2. The summed E-state index contributed by atoms with van der Waals surface area (Å²) in [6.45, 7) is 0. The van der Waals surface area contributed by atoms with E-state index in [0.717, 1.165) is 23.4 Å². The van der Waals surface area contributed by atoms with Crippen LogP contribution in [0.3, 0.4) is 0 Å². The van der Waals surface area contributed by atoms with Gasteiger partial charge in [-0.05, 0) is 67.9 Å². The molecule has 1 atom stereocenters. The van der Waals surface area contributed by atoms with Gasteiger partial charge < -0.3 is 10.0 Å². The van der Waals surface area contributed by atoms with Gasteiger partial charge in [0.25, 0.3) is 0 Å². The Hall–Kier alpha value is -2.52. The van der Waals surface area contributed by atoms with Crippen molar-refractivity contribution in [1.29, 1.82) is 0 Å². The third-order valence-corrected chi connectivity index (χ3v) is 7.64. The average Bonchev–Trinajstić information content (AvgIpc) is 3.62. The van der Waals surface area contributed by atoms with Gasteiger partial charge in [-0.25, -0.2) is 0 Å². The summed E-state index contributed by atoms with van der Waals surface area (Å²) in [6, 6.07) is 26.0. The number of nitrogens with zero attached hydrogens (tertiary/aromatic N) is 1. The molecule has 3 heteroatoms. The molecule has 30 heavy (non-hydrogen) atoms. The van der Waals surface area contributed by atoms with Crippen molar-refractivity contribution in [1.82, 2.24) is 0 Å². The maximum absolute atomic E-state index is 10.3. The normalized spacial score (nSPS) is 14.4. The number of rotatable bonds is 9. The largest absolute Gasteiger partial charge is 0.508 e. The summed E-state index contributed by atoms with van der Waals surface area (Å²) in [7, 11) is 1.81. The highest BCUT2D eigenvalue weighted by Gasteiger charge is 2.27. The van der Waals surface area contributed by atoms with Gasteiger partial charge in [-0.2, -0.15) is 0 Å². The molecule has 1 unspecified atom stereocenters. The van der Waals surface area contributed by atoms with Crippen LogP contribution < -0.4 is 4.90 Å². The van der Waals surface area contributed by atoms with E-state index in [9.17, 15) is 5.11 Å². The molecule has 0 amide bonds. The summed E-state index contributed by atoms with van der Waals surface area (Å²) < 4.78 is 0. The summed E-state index contributed by atoms with van der Waals surface area (Å²) in [4.78, 5) is 4.69. The molecular weight excluding hydrogens is 386 g/mol. The third kappa shape index (κ3) is 5.14. The van der Waals surface area contributed by atoms with Gasteiger partial charge in [-0.1, -0.05) is 54.4 Å². The van der Waals surface area contributed by atoms with Crippen LogP contribution in [0.4, 0.5) is 5.69 Å². The predicted molar refractivity (Wildman–Crippen MR) is 130 cm³/mol.